The quantitative estimate of drug-likeness (QED) is 0.798. The second-order valence-corrected chi connectivity index (χ2v) is 3.41. The summed E-state index contributed by atoms with van der Waals surface area (Å²) in [5.74, 6) is 2.12. The van der Waals surface area contributed by atoms with Gasteiger partial charge in [-0.3, -0.25) is 4.98 Å². The molecule has 2 aromatic rings. The van der Waals surface area contributed by atoms with Crippen molar-refractivity contribution in [3.05, 3.63) is 18.1 Å². The van der Waals surface area contributed by atoms with Crippen molar-refractivity contribution >= 4 is 17.6 Å². The van der Waals surface area contributed by atoms with E-state index in [9.17, 15) is 0 Å². The fourth-order valence-electron chi connectivity index (χ4n) is 1.15. The van der Waals surface area contributed by atoms with Gasteiger partial charge in [-0.25, -0.2) is 0 Å². The van der Waals surface area contributed by atoms with Crippen molar-refractivity contribution in [3.63, 3.8) is 0 Å². The third-order valence-corrected chi connectivity index (χ3v) is 2.01. The molecule has 2 rings (SSSR count). The summed E-state index contributed by atoms with van der Waals surface area (Å²) in [5, 5.41) is 11.0. The Bertz CT molecular complexity index is 445. The summed E-state index contributed by atoms with van der Waals surface area (Å²) in [6, 6.07) is 1.84. The van der Waals surface area contributed by atoms with Gasteiger partial charge < -0.3 is 14.6 Å². The van der Waals surface area contributed by atoms with Gasteiger partial charge in [0.05, 0.1) is 12.0 Å². The molecule has 6 nitrogen and oxygen atoms in total. The summed E-state index contributed by atoms with van der Waals surface area (Å²) in [5.41, 5.74) is 0.886. The SMILES string of the molecule is Cc1occc1Nc1nnc(N(C)C)[nH]1. The summed E-state index contributed by atoms with van der Waals surface area (Å²) < 4.78 is 5.16. The Morgan fingerprint density at radius 2 is 2.20 bits per heavy atom. The Kier molecular flexibility index (Phi) is 2.32. The first-order valence-electron chi connectivity index (χ1n) is 4.58. The van der Waals surface area contributed by atoms with Gasteiger partial charge in [-0.1, -0.05) is 0 Å². The predicted molar refractivity (Wildman–Crippen MR) is 57.4 cm³/mol. The first-order valence-corrected chi connectivity index (χ1v) is 4.58. The molecular weight excluding hydrogens is 194 g/mol. The Morgan fingerprint density at radius 3 is 2.73 bits per heavy atom. The molecule has 80 valence electrons. The van der Waals surface area contributed by atoms with Crippen LogP contribution >= 0.6 is 0 Å². The number of nitrogens with one attached hydrogen (secondary N) is 2. The topological polar surface area (TPSA) is 70.0 Å². The molecule has 0 aliphatic carbocycles. The van der Waals surface area contributed by atoms with Crippen LogP contribution in [-0.4, -0.2) is 29.3 Å². The fraction of sp³-hybridized carbons (Fsp3) is 0.333. The van der Waals surface area contributed by atoms with E-state index in [-0.39, 0.29) is 0 Å². The molecule has 15 heavy (non-hydrogen) atoms. The second kappa shape index (κ2) is 3.64. The molecule has 0 unspecified atom stereocenters. The lowest BCUT2D eigenvalue weighted by atomic mass is 10.4. The molecule has 0 spiro atoms. The first-order chi connectivity index (χ1) is 7.16. The molecule has 0 radical (unpaired) electrons. The van der Waals surface area contributed by atoms with Gasteiger partial charge in [-0.15, -0.1) is 10.2 Å². The third kappa shape index (κ3) is 1.93. The smallest absolute Gasteiger partial charge is 0.227 e. The number of aryl methyl sites for hydroxylation is 1. The van der Waals surface area contributed by atoms with Crippen LogP contribution in [0.5, 0.6) is 0 Å². The van der Waals surface area contributed by atoms with Gasteiger partial charge in [0.25, 0.3) is 0 Å². The molecule has 6 heteroatoms. The third-order valence-electron chi connectivity index (χ3n) is 2.01. The van der Waals surface area contributed by atoms with Crippen LogP contribution < -0.4 is 10.2 Å². The molecule has 0 aliphatic heterocycles. The minimum absolute atomic E-state index is 0.600. The normalized spacial score (nSPS) is 10.3. The Labute approximate surface area is 87.3 Å². The van der Waals surface area contributed by atoms with E-state index >= 15 is 0 Å². The van der Waals surface area contributed by atoms with E-state index in [1.807, 2.05) is 32.0 Å². The van der Waals surface area contributed by atoms with Gasteiger partial charge in [0, 0.05) is 20.2 Å². The number of aromatic nitrogens is 3. The van der Waals surface area contributed by atoms with E-state index in [0.29, 0.717) is 11.9 Å². The van der Waals surface area contributed by atoms with Crippen LogP contribution in [0.4, 0.5) is 17.6 Å². The van der Waals surface area contributed by atoms with Crippen LogP contribution in [0.2, 0.25) is 0 Å². The van der Waals surface area contributed by atoms with Crippen LogP contribution in [0.25, 0.3) is 0 Å². The number of rotatable bonds is 3. The molecule has 0 fully saturated rings. The van der Waals surface area contributed by atoms with Crippen LogP contribution in [0, 0.1) is 6.92 Å². The summed E-state index contributed by atoms with van der Waals surface area (Å²) in [6.45, 7) is 1.88. The molecule has 0 amide bonds. The highest BCUT2D eigenvalue weighted by Gasteiger charge is 2.06. The van der Waals surface area contributed by atoms with Gasteiger partial charge >= 0.3 is 0 Å². The number of aromatic amines is 1. The number of hydrogen-bond acceptors (Lipinski definition) is 5. The van der Waals surface area contributed by atoms with E-state index in [0.717, 1.165) is 11.4 Å². The standard InChI is InChI=1S/C9H13N5O/c1-6-7(4-5-15-6)10-8-11-9(13-12-8)14(2)3/h4-5H,1-3H3,(H2,10,11,12,13). The summed E-state index contributed by atoms with van der Waals surface area (Å²) in [4.78, 5) is 4.88. The molecule has 0 saturated carbocycles. The van der Waals surface area contributed by atoms with Gasteiger partial charge in [0.15, 0.2) is 0 Å². The summed E-state index contributed by atoms with van der Waals surface area (Å²) >= 11 is 0. The lowest BCUT2D eigenvalue weighted by molar-refractivity contribution is 0.535. The van der Waals surface area contributed by atoms with Gasteiger partial charge in [-0.05, 0) is 6.92 Å². The Morgan fingerprint density at radius 1 is 1.40 bits per heavy atom. The first kappa shape index (κ1) is 9.57. The second-order valence-electron chi connectivity index (χ2n) is 3.41. The molecule has 0 saturated heterocycles. The number of nitrogens with zero attached hydrogens (tertiary/aromatic N) is 3. The van der Waals surface area contributed by atoms with Gasteiger partial charge in [-0.2, -0.15) is 0 Å². The molecule has 2 heterocycles. The molecule has 0 bridgehead atoms. The highest BCUT2D eigenvalue weighted by molar-refractivity contribution is 5.55. The molecular formula is C9H13N5O. The zero-order valence-electron chi connectivity index (χ0n) is 8.90. The van der Waals surface area contributed by atoms with E-state index in [2.05, 4.69) is 20.5 Å². The number of anilines is 3. The van der Waals surface area contributed by atoms with Crippen LogP contribution in [0.1, 0.15) is 5.76 Å². The minimum atomic E-state index is 0.600. The number of H-pyrrole nitrogens is 1. The van der Waals surface area contributed by atoms with Crippen molar-refractivity contribution in [2.45, 2.75) is 6.92 Å². The van der Waals surface area contributed by atoms with E-state index < -0.39 is 0 Å². The number of furan rings is 1. The zero-order valence-corrected chi connectivity index (χ0v) is 8.90. The highest BCUT2D eigenvalue weighted by Crippen LogP contribution is 2.19. The van der Waals surface area contributed by atoms with E-state index in [1.54, 1.807) is 6.26 Å². The van der Waals surface area contributed by atoms with Crippen molar-refractivity contribution in [3.8, 4) is 0 Å². The zero-order chi connectivity index (χ0) is 10.8. The van der Waals surface area contributed by atoms with E-state index in [1.165, 1.54) is 0 Å². The van der Waals surface area contributed by atoms with Crippen molar-refractivity contribution in [2.24, 2.45) is 0 Å². The lowest BCUT2D eigenvalue weighted by Crippen LogP contribution is -2.10. The Hall–Kier alpha value is -1.98. The summed E-state index contributed by atoms with van der Waals surface area (Å²) in [6.07, 6.45) is 1.63. The highest BCUT2D eigenvalue weighted by atomic mass is 16.3. The minimum Gasteiger partial charge on any atom is -0.467 e. The van der Waals surface area contributed by atoms with E-state index in [4.69, 9.17) is 4.42 Å². The maximum absolute atomic E-state index is 5.16. The van der Waals surface area contributed by atoms with Crippen molar-refractivity contribution in [2.75, 3.05) is 24.3 Å². The lowest BCUT2D eigenvalue weighted by Gasteiger charge is -2.05. The Balaban J connectivity index is 2.15. The predicted octanol–water partition coefficient (Wildman–Crippen LogP) is 1.52. The monoisotopic (exact) mass is 207 g/mol. The van der Waals surface area contributed by atoms with Crippen LogP contribution in [0.3, 0.4) is 0 Å². The van der Waals surface area contributed by atoms with Crippen molar-refractivity contribution in [1.29, 1.82) is 0 Å². The maximum Gasteiger partial charge on any atom is 0.227 e. The van der Waals surface area contributed by atoms with Crippen LogP contribution in [0.15, 0.2) is 16.7 Å². The van der Waals surface area contributed by atoms with Crippen molar-refractivity contribution in [1.82, 2.24) is 15.2 Å². The molecule has 0 atom stereocenters. The molecule has 2 aromatic heterocycles. The van der Waals surface area contributed by atoms with Gasteiger partial charge in [0.2, 0.25) is 11.9 Å². The van der Waals surface area contributed by atoms with Gasteiger partial charge in [0.1, 0.15) is 5.76 Å². The van der Waals surface area contributed by atoms with Crippen molar-refractivity contribution < 1.29 is 4.42 Å². The number of hydrogen-bond donors (Lipinski definition) is 2. The fourth-order valence-corrected chi connectivity index (χ4v) is 1.15. The van der Waals surface area contributed by atoms with Crippen LogP contribution in [-0.2, 0) is 0 Å². The largest absolute Gasteiger partial charge is 0.467 e. The molecule has 2 N–H and O–H groups in total. The average molecular weight is 207 g/mol. The average Bonchev–Trinajstić information content (AvgIpc) is 2.77. The molecule has 0 aliphatic rings. The summed E-state index contributed by atoms with van der Waals surface area (Å²) in [7, 11) is 3.79. The maximum atomic E-state index is 5.16. The molecule has 0 aromatic carbocycles.